The molecule has 0 aromatic rings. The van der Waals surface area contributed by atoms with E-state index in [0.29, 0.717) is 26.1 Å². The fourth-order valence-electron chi connectivity index (χ4n) is 2.09. The molecule has 3 N–H and O–H groups in total. The monoisotopic (exact) mass is 241 g/mol. The number of hydrogen-bond donors (Lipinski definition) is 2. The Hall–Kier alpha value is -1.10. The second-order valence-corrected chi connectivity index (χ2v) is 4.51. The van der Waals surface area contributed by atoms with E-state index in [0.717, 1.165) is 25.8 Å². The van der Waals surface area contributed by atoms with Gasteiger partial charge in [0.2, 0.25) is 11.8 Å². The Morgan fingerprint density at radius 3 is 2.88 bits per heavy atom. The number of likely N-dealkylation sites (tertiary alicyclic amines) is 1. The van der Waals surface area contributed by atoms with Gasteiger partial charge in [0.15, 0.2) is 0 Å². The minimum absolute atomic E-state index is 0.0444. The van der Waals surface area contributed by atoms with Gasteiger partial charge in [0.1, 0.15) is 0 Å². The molecule has 5 heteroatoms. The van der Waals surface area contributed by atoms with Gasteiger partial charge in [-0.1, -0.05) is 6.92 Å². The van der Waals surface area contributed by atoms with Crippen molar-refractivity contribution in [3.8, 4) is 0 Å². The first-order chi connectivity index (χ1) is 8.19. The molecule has 0 aromatic carbocycles. The molecule has 0 bridgehead atoms. The van der Waals surface area contributed by atoms with Crippen molar-refractivity contribution >= 4 is 11.8 Å². The van der Waals surface area contributed by atoms with Crippen LogP contribution in [0.3, 0.4) is 0 Å². The van der Waals surface area contributed by atoms with Gasteiger partial charge in [0, 0.05) is 32.6 Å². The maximum Gasteiger partial charge on any atom is 0.224 e. The van der Waals surface area contributed by atoms with Crippen molar-refractivity contribution in [2.45, 2.75) is 32.6 Å². The van der Waals surface area contributed by atoms with Crippen molar-refractivity contribution in [2.24, 2.45) is 11.7 Å². The first-order valence-corrected chi connectivity index (χ1v) is 6.44. The molecule has 1 fully saturated rings. The average Bonchev–Trinajstić information content (AvgIpc) is 2.36. The van der Waals surface area contributed by atoms with Gasteiger partial charge in [-0.3, -0.25) is 9.59 Å². The van der Waals surface area contributed by atoms with Gasteiger partial charge in [-0.15, -0.1) is 0 Å². The van der Waals surface area contributed by atoms with Crippen LogP contribution in [0.4, 0.5) is 0 Å². The zero-order valence-corrected chi connectivity index (χ0v) is 10.6. The molecule has 0 aliphatic carbocycles. The number of carbonyl (C=O) groups is 2. The summed E-state index contributed by atoms with van der Waals surface area (Å²) in [7, 11) is 0. The highest BCUT2D eigenvalue weighted by atomic mass is 16.2. The maximum atomic E-state index is 11.8. The summed E-state index contributed by atoms with van der Waals surface area (Å²) in [6.45, 7) is 4.43. The normalized spacial score (nSPS) is 20.1. The molecule has 1 heterocycles. The lowest BCUT2D eigenvalue weighted by Gasteiger charge is -2.32. The first kappa shape index (κ1) is 14.0. The number of nitrogens with two attached hydrogens (primary N) is 1. The van der Waals surface area contributed by atoms with E-state index < -0.39 is 0 Å². The summed E-state index contributed by atoms with van der Waals surface area (Å²) in [6, 6.07) is 0. The number of piperidine rings is 1. The van der Waals surface area contributed by atoms with Crippen LogP contribution in [-0.4, -0.2) is 42.9 Å². The van der Waals surface area contributed by atoms with Gasteiger partial charge in [-0.2, -0.15) is 0 Å². The van der Waals surface area contributed by atoms with Gasteiger partial charge < -0.3 is 16.0 Å². The number of hydrogen-bond acceptors (Lipinski definition) is 3. The van der Waals surface area contributed by atoms with Crippen LogP contribution in [0.2, 0.25) is 0 Å². The number of nitrogens with zero attached hydrogens (tertiary/aromatic N) is 1. The third kappa shape index (κ3) is 4.34. The largest absolute Gasteiger partial charge is 0.356 e. The fraction of sp³-hybridized carbons (Fsp3) is 0.833. The first-order valence-electron chi connectivity index (χ1n) is 6.44. The summed E-state index contributed by atoms with van der Waals surface area (Å²) in [5, 5.41) is 2.89. The maximum absolute atomic E-state index is 11.8. The zero-order valence-electron chi connectivity index (χ0n) is 10.6. The molecule has 1 aliphatic rings. The van der Waals surface area contributed by atoms with Crippen LogP contribution in [0.1, 0.15) is 32.6 Å². The molecule has 0 aromatic heterocycles. The number of rotatable bonds is 5. The lowest BCUT2D eigenvalue weighted by atomic mass is 9.97. The smallest absolute Gasteiger partial charge is 0.224 e. The van der Waals surface area contributed by atoms with E-state index in [1.54, 1.807) is 4.90 Å². The molecular weight excluding hydrogens is 218 g/mol. The number of amides is 2. The van der Waals surface area contributed by atoms with Gasteiger partial charge >= 0.3 is 0 Å². The third-order valence-corrected chi connectivity index (χ3v) is 3.05. The van der Waals surface area contributed by atoms with Crippen LogP contribution in [0.25, 0.3) is 0 Å². The molecule has 17 heavy (non-hydrogen) atoms. The van der Waals surface area contributed by atoms with E-state index in [-0.39, 0.29) is 17.7 Å². The van der Waals surface area contributed by atoms with E-state index in [4.69, 9.17) is 5.73 Å². The molecule has 1 atom stereocenters. The van der Waals surface area contributed by atoms with E-state index >= 15 is 0 Å². The predicted molar refractivity (Wildman–Crippen MR) is 66.3 cm³/mol. The van der Waals surface area contributed by atoms with Gasteiger partial charge in [-0.25, -0.2) is 0 Å². The molecule has 0 saturated carbocycles. The fourth-order valence-corrected chi connectivity index (χ4v) is 2.09. The van der Waals surface area contributed by atoms with Crippen LogP contribution in [-0.2, 0) is 9.59 Å². The molecule has 5 nitrogen and oxygen atoms in total. The molecule has 2 amide bonds. The highest BCUT2D eigenvalue weighted by molar-refractivity contribution is 5.81. The highest BCUT2D eigenvalue weighted by Crippen LogP contribution is 2.17. The van der Waals surface area contributed by atoms with Crippen molar-refractivity contribution < 1.29 is 9.59 Å². The quantitative estimate of drug-likeness (QED) is 0.717. The van der Waals surface area contributed by atoms with E-state index in [1.165, 1.54) is 0 Å². The second kappa shape index (κ2) is 7.27. The summed E-state index contributed by atoms with van der Waals surface area (Å²) in [5.74, 6) is 0.106. The van der Waals surface area contributed by atoms with E-state index in [9.17, 15) is 9.59 Å². The van der Waals surface area contributed by atoms with Crippen LogP contribution in [0, 0.1) is 5.92 Å². The van der Waals surface area contributed by atoms with E-state index in [2.05, 4.69) is 5.32 Å². The van der Waals surface area contributed by atoms with Crippen LogP contribution < -0.4 is 11.1 Å². The Morgan fingerprint density at radius 2 is 2.24 bits per heavy atom. The standard InChI is InChI=1S/C12H23N3O2/c1-2-7-14-12(17)10-4-3-8-15(9-10)11(16)5-6-13/h10H,2-9,13H2,1H3,(H,14,17). The SMILES string of the molecule is CCCNC(=O)C1CCCN(C(=O)CCN)C1. The Balaban J connectivity index is 2.42. The van der Waals surface area contributed by atoms with Crippen LogP contribution in [0.5, 0.6) is 0 Å². The highest BCUT2D eigenvalue weighted by Gasteiger charge is 2.27. The Bertz CT molecular complexity index is 268. The van der Waals surface area contributed by atoms with Crippen molar-refractivity contribution in [1.82, 2.24) is 10.2 Å². The Labute approximate surface area is 103 Å². The second-order valence-electron chi connectivity index (χ2n) is 4.51. The summed E-state index contributed by atoms with van der Waals surface area (Å²) in [6.07, 6.45) is 3.10. The van der Waals surface area contributed by atoms with E-state index in [1.807, 2.05) is 6.92 Å². The minimum Gasteiger partial charge on any atom is -0.356 e. The third-order valence-electron chi connectivity index (χ3n) is 3.05. The summed E-state index contributed by atoms with van der Waals surface area (Å²) in [5.41, 5.74) is 5.37. The minimum atomic E-state index is -0.0444. The Kier molecular flexibility index (Phi) is 5.97. The topological polar surface area (TPSA) is 75.4 Å². The van der Waals surface area contributed by atoms with Crippen molar-refractivity contribution in [2.75, 3.05) is 26.2 Å². The summed E-state index contributed by atoms with van der Waals surface area (Å²) >= 11 is 0. The molecule has 1 rings (SSSR count). The van der Waals surface area contributed by atoms with Gasteiger partial charge in [0.25, 0.3) is 0 Å². The lowest BCUT2D eigenvalue weighted by Crippen LogP contribution is -2.45. The summed E-state index contributed by atoms with van der Waals surface area (Å²) in [4.78, 5) is 25.3. The lowest BCUT2D eigenvalue weighted by molar-refractivity contribution is -0.135. The molecule has 0 radical (unpaired) electrons. The van der Waals surface area contributed by atoms with Gasteiger partial charge in [0.05, 0.1) is 5.92 Å². The van der Waals surface area contributed by atoms with Crippen LogP contribution in [0.15, 0.2) is 0 Å². The molecular formula is C12H23N3O2. The molecule has 1 aliphatic heterocycles. The van der Waals surface area contributed by atoms with Crippen molar-refractivity contribution in [1.29, 1.82) is 0 Å². The number of carbonyl (C=O) groups excluding carboxylic acids is 2. The average molecular weight is 241 g/mol. The number of nitrogens with one attached hydrogen (secondary N) is 1. The zero-order chi connectivity index (χ0) is 12.7. The predicted octanol–water partition coefficient (Wildman–Crippen LogP) is 0.100. The molecule has 0 spiro atoms. The molecule has 98 valence electrons. The summed E-state index contributed by atoms with van der Waals surface area (Å²) < 4.78 is 0. The van der Waals surface area contributed by atoms with Crippen molar-refractivity contribution in [3.63, 3.8) is 0 Å². The Morgan fingerprint density at radius 1 is 1.47 bits per heavy atom. The molecule has 1 unspecified atom stereocenters. The van der Waals surface area contributed by atoms with Crippen molar-refractivity contribution in [3.05, 3.63) is 0 Å². The molecule has 1 saturated heterocycles. The van der Waals surface area contributed by atoms with Gasteiger partial charge in [-0.05, 0) is 19.3 Å². The van der Waals surface area contributed by atoms with Crippen LogP contribution >= 0.6 is 0 Å².